The van der Waals surface area contributed by atoms with Crippen LogP contribution in [0.15, 0.2) is 0 Å². The Balaban J connectivity index is 2.17. The average Bonchev–Trinajstić information content (AvgIpc) is 2.69. The van der Waals surface area contributed by atoms with Crippen LogP contribution in [0.3, 0.4) is 0 Å². The maximum atomic E-state index is 12.1. The lowest BCUT2D eigenvalue weighted by atomic mass is 9.75. The van der Waals surface area contributed by atoms with Crippen LogP contribution >= 0.6 is 0 Å². The van der Waals surface area contributed by atoms with Crippen LogP contribution in [0.1, 0.15) is 47.0 Å². The summed E-state index contributed by atoms with van der Waals surface area (Å²) in [6.07, 6.45) is 1.80. The molecule has 3 unspecified atom stereocenters. The van der Waals surface area contributed by atoms with Crippen molar-refractivity contribution in [2.75, 3.05) is 0 Å². The molecule has 1 N–H and O–H groups in total. The fraction of sp³-hybridized carbons (Fsp3) is 0.846. The molecule has 2 fully saturated rings. The fourth-order valence-corrected chi connectivity index (χ4v) is 3.16. The molecule has 102 valence electrons. The molecule has 0 aromatic carbocycles. The van der Waals surface area contributed by atoms with E-state index in [1.807, 2.05) is 20.8 Å². The minimum Gasteiger partial charge on any atom is -0.481 e. The highest BCUT2D eigenvalue weighted by molar-refractivity contribution is 5.79. The summed E-state index contributed by atoms with van der Waals surface area (Å²) in [4.78, 5) is 25.2. The van der Waals surface area contributed by atoms with Crippen molar-refractivity contribution in [1.82, 2.24) is 4.90 Å². The van der Waals surface area contributed by atoms with Crippen molar-refractivity contribution in [3.05, 3.63) is 0 Å². The molecule has 1 amide bonds. The molecule has 0 aromatic heterocycles. The summed E-state index contributed by atoms with van der Waals surface area (Å²) >= 11 is 0. The first-order valence-electron chi connectivity index (χ1n) is 6.40. The number of amides is 1. The van der Waals surface area contributed by atoms with Gasteiger partial charge in [0.2, 0.25) is 0 Å². The first kappa shape index (κ1) is 13.2. The summed E-state index contributed by atoms with van der Waals surface area (Å²) in [5.74, 6) is -0.816. The van der Waals surface area contributed by atoms with E-state index in [2.05, 4.69) is 0 Å². The molecular formula is C13H21NO4. The van der Waals surface area contributed by atoms with Gasteiger partial charge in [-0.1, -0.05) is 0 Å². The minimum absolute atomic E-state index is 0.0194. The van der Waals surface area contributed by atoms with Gasteiger partial charge in [0.15, 0.2) is 0 Å². The van der Waals surface area contributed by atoms with Crippen molar-refractivity contribution in [1.29, 1.82) is 0 Å². The van der Waals surface area contributed by atoms with Crippen molar-refractivity contribution < 1.29 is 19.4 Å². The summed E-state index contributed by atoms with van der Waals surface area (Å²) in [5, 5.41) is 9.35. The number of carbonyl (C=O) groups excluding carboxylic acids is 1. The quantitative estimate of drug-likeness (QED) is 0.780. The lowest BCUT2D eigenvalue weighted by molar-refractivity contribution is -0.149. The molecule has 3 atom stereocenters. The Labute approximate surface area is 107 Å². The molecule has 2 heterocycles. The number of hydrogen-bond acceptors (Lipinski definition) is 3. The Hall–Kier alpha value is -1.26. The number of fused-ring (bicyclic) bond motifs is 2. The monoisotopic (exact) mass is 255 g/mol. The number of hydrogen-bond donors (Lipinski definition) is 1. The topological polar surface area (TPSA) is 66.8 Å². The second kappa shape index (κ2) is 3.87. The van der Waals surface area contributed by atoms with E-state index in [0.29, 0.717) is 6.42 Å². The zero-order chi connectivity index (χ0) is 13.7. The molecule has 2 aliphatic heterocycles. The molecule has 0 spiro atoms. The smallest absolute Gasteiger partial charge is 0.410 e. The summed E-state index contributed by atoms with van der Waals surface area (Å²) < 4.78 is 5.37. The van der Waals surface area contributed by atoms with Crippen LogP contribution in [0.25, 0.3) is 0 Å². The Kier molecular flexibility index (Phi) is 2.83. The largest absolute Gasteiger partial charge is 0.481 e. The number of carboxylic acid groups (broad SMARTS) is 1. The third kappa shape index (κ3) is 1.95. The normalized spacial score (nSPS) is 34.8. The van der Waals surface area contributed by atoms with Gasteiger partial charge in [-0.25, -0.2) is 4.79 Å². The van der Waals surface area contributed by atoms with Crippen LogP contribution in [-0.4, -0.2) is 39.8 Å². The second-order valence-electron chi connectivity index (χ2n) is 6.56. The van der Waals surface area contributed by atoms with Crippen LogP contribution in [0.2, 0.25) is 0 Å². The van der Waals surface area contributed by atoms with Crippen LogP contribution in [0, 0.1) is 5.41 Å². The molecule has 0 aromatic rings. The van der Waals surface area contributed by atoms with Crippen LogP contribution < -0.4 is 0 Å². The van der Waals surface area contributed by atoms with Crippen molar-refractivity contribution in [3.8, 4) is 0 Å². The molecule has 2 aliphatic rings. The average molecular weight is 255 g/mol. The highest BCUT2D eigenvalue weighted by Crippen LogP contribution is 2.50. The molecule has 2 saturated heterocycles. The van der Waals surface area contributed by atoms with E-state index in [-0.39, 0.29) is 18.2 Å². The number of ether oxygens (including phenoxy) is 1. The third-order valence-electron chi connectivity index (χ3n) is 3.99. The molecule has 5 heteroatoms. The van der Waals surface area contributed by atoms with Gasteiger partial charge in [-0.15, -0.1) is 0 Å². The van der Waals surface area contributed by atoms with Gasteiger partial charge < -0.3 is 14.7 Å². The zero-order valence-electron chi connectivity index (χ0n) is 11.4. The van der Waals surface area contributed by atoms with Crippen molar-refractivity contribution in [2.45, 2.75) is 64.6 Å². The Morgan fingerprint density at radius 2 is 1.94 bits per heavy atom. The standard InChI is InChI=1S/C13H21NO4/c1-12(2,3)18-11(17)14-8-5-6-9(14)13(4,7-8)10(15)16/h8-9H,5-7H2,1-4H3,(H,15,16). The predicted molar refractivity (Wildman–Crippen MR) is 65.2 cm³/mol. The predicted octanol–water partition coefficient (Wildman–Crippen LogP) is 2.25. The Bertz CT molecular complexity index is 387. The number of aliphatic carboxylic acids is 1. The van der Waals surface area contributed by atoms with Gasteiger partial charge in [-0.2, -0.15) is 0 Å². The number of rotatable bonds is 1. The van der Waals surface area contributed by atoms with Crippen molar-refractivity contribution >= 4 is 12.1 Å². The summed E-state index contributed by atoms with van der Waals surface area (Å²) in [6, 6.07) is -0.208. The molecule has 0 radical (unpaired) electrons. The maximum absolute atomic E-state index is 12.1. The van der Waals surface area contributed by atoms with Gasteiger partial charge in [0.25, 0.3) is 0 Å². The Morgan fingerprint density at radius 1 is 1.33 bits per heavy atom. The van der Waals surface area contributed by atoms with E-state index >= 15 is 0 Å². The summed E-state index contributed by atoms with van der Waals surface area (Å²) in [5.41, 5.74) is -1.36. The highest BCUT2D eigenvalue weighted by atomic mass is 16.6. The molecule has 5 nitrogen and oxygen atoms in total. The highest BCUT2D eigenvalue weighted by Gasteiger charge is 2.59. The lowest BCUT2D eigenvalue weighted by Crippen LogP contribution is -2.45. The minimum atomic E-state index is -0.820. The molecule has 0 aliphatic carbocycles. The number of carbonyl (C=O) groups is 2. The van der Waals surface area contributed by atoms with Gasteiger partial charge in [0, 0.05) is 6.04 Å². The maximum Gasteiger partial charge on any atom is 0.410 e. The van der Waals surface area contributed by atoms with E-state index in [0.717, 1.165) is 12.8 Å². The van der Waals surface area contributed by atoms with Crippen molar-refractivity contribution in [2.24, 2.45) is 5.41 Å². The van der Waals surface area contributed by atoms with Crippen LogP contribution in [0.4, 0.5) is 4.79 Å². The molecule has 0 saturated carbocycles. The van der Waals surface area contributed by atoms with E-state index < -0.39 is 17.0 Å². The molecule has 18 heavy (non-hydrogen) atoms. The van der Waals surface area contributed by atoms with Gasteiger partial charge in [-0.3, -0.25) is 4.79 Å². The number of nitrogens with zero attached hydrogens (tertiary/aromatic N) is 1. The van der Waals surface area contributed by atoms with Gasteiger partial charge in [0.1, 0.15) is 5.60 Å². The van der Waals surface area contributed by atoms with E-state index in [1.54, 1.807) is 11.8 Å². The SMILES string of the molecule is CC(C)(C)OC(=O)N1C2CCC1C(C)(C(=O)O)C2. The van der Waals surface area contributed by atoms with Gasteiger partial charge >= 0.3 is 12.1 Å². The molecule has 2 bridgehead atoms. The van der Waals surface area contributed by atoms with E-state index in [4.69, 9.17) is 4.74 Å². The third-order valence-corrected chi connectivity index (χ3v) is 3.99. The number of carboxylic acids is 1. The Morgan fingerprint density at radius 3 is 2.39 bits per heavy atom. The zero-order valence-corrected chi connectivity index (χ0v) is 11.4. The van der Waals surface area contributed by atoms with E-state index in [1.165, 1.54) is 0 Å². The second-order valence-corrected chi connectivity index (χ2v) is 6.56. The van der Waals surface area contributed by atoms with Crippen LogP contribution in [0.5, 0.6) is 0 Å². The fourth-order valence-electron chi connectivity index (χ4n) is 3.16. The van der Waals surface area contributed by atoms with Crippen molar-refractivity contribution in [3.63, 3.8) is 0 Å². The van der Waals surface area contributed by atoms with E-state index in [9.17, 15) is 14.7 Å². The summed E-state index contributed by atoms with van der Waals surface area (Å²) in [7, 11) is 0. The first-order chi connectivity index (χ1) is 8.15. The van der Waals surface area contributed by atoms with Gasteiger partial charge in [0.05, 0.1) is 11.5 Å². The first-order valence-corrected chi connectivity index (χ1v) is 6.40. The van der Waals surface area contributed by atoms with Gasteiger partial charge in [-0.05, 0) is 47.0 Å². The summed E-state index contributed by atoms with van der Waals surface area (Å²) in [6.45, 7) is 7.19. The van der Waals surface area contributed by atoms with Crippen LogP contribution in [-0.2, 0) is 9.53 Å². The molecule has 2 rings (SSSR count). The molecular weight excluding hydrogens is 234 g/mol. The lowest BCUT2D eigenvalue weighted by Gasteiger charge is -2.31.